The van der Waals surface area contributed by atoms with Gasteiger partial charge in [0, 0.05) is 5.69 Å². The Labute approximate surface area is 65.6 Å². The van der Waals surface area contributed by atoms with E-state index in [1.165, 1.54) is 0 Å². The lowest BCUT2D eigenvalue weighted by Gasteiger charge is -2.07. The molecule has 1 rings (SSSR count). The third kappa shape index (κ3) is 1.93. The van der Waals surface area contributed by atoms with Crippen molar-refractivity contribution in [2.75, 3.05) is 12.3 Å². The molecule has 0 bridgehead atoms. The molecule has 0 aliphatic carbocycles. The summed E-state index contributed by atoms with van der Waals surface area (Å²) in [6, 6.07) is 6.87. The van der Waals surface area contributed by atoms with Crippen LogP contribution in [0.3, 0.4) is 0 Å². The van der Waals surface area contributed by atoms with Crippen LogP contribution in [0, 0.1) is 0 Å². The van der Waals surface area contributed by atoms with Crippen LogP contribution < -0.4 is 11.5 Å². The summed E-state index contributed by atoms with van der Waals surface area (Å²) in [4.78, 5) is 0. The molecule has 0 heterocycles. The SMILES string of the molecule is Nc1ccc([C@H](N)CO)cc1. The number of aliphatic hydroxyl groups excluding tert-OH is 1. The Bertz CT molecular complexity index is 220. The third-order valence-corrected chi connectivity index (χ3v) is 1.56. The van der Waals surface area contributed by atoms with Crippen molar-refractivity contribution >= 4 is 5.69 Å². The zero-order chi connectivity index (χ0) is 8.27. The van der Waals surface area contributed by atoms with Crippen LogP contribution in [0.4, 0.5) is 5.69 Å². The maximum atomic E-state index is 8.70. The van der Waals surface area contributed by atoms with Gasteiger partial charge in [0.15, 0.2) is 0 Å². The van der Waals surface area contributed by atoms with Gasteiger partial charge in [0.05, 0.1) is 12.6 Å². The molecule has 0 radical (unpaired) electrons. The number of hydrogen-bond acceptors (Lipinski definition) is 3. The van der Waals surface area contributed by atoms with Gasteiger partial charge in [0.25, 0.3) is 0 Å². The first kappa shape index (κ1) is 8.04. The van der Waals surface area contributed by atoms with Crippen LogP contribution in [0.5, 0.6) is 0 Å². The zero-order valence-electron chi connectivity index (χ0n) is 6.20. The molecule has 11 heavy (non-hydrogen) atoms. The van der Waals surface area contributed by atoms with E-state index in [-0.39, 0.29) is 12.6 Å². The van der Waals surface area contributed by atoms with Crippen LogP contribution in [0.2, 0.25) is 0 Å². The summed E-state index contributed by atoms with van der Waals surface area (Å²) in [6.07, 6.45) is 0. The molecule has 1 aromatic carbocycles. The molecule has 1 aromatic rings. The summed E-state index contributed by atoms with van der Waals surface area (Å²) in [6.45, 7) is -0.0378. The van der Waals surface area contributed by atoms with Crippen LogP contribution >= 0.6 is 0 Å². The average Bonchev–Trinajstić information content (AvgIpc) is 2.05. The van der Waals surface area contributed by atoms with Crippen molar-refractivity contribution in [1.29, 1.82) is 0 Å². The number of aliphatic hydroxyl groups is 1. The molecule has 0 spiro atoms. The molecule has 0 saturated carbocycles. The highest BCUT2D eigenvalue weighted by Gasteiger charge is 2.01. The van der Waals surface area contributed by atoms with E-state index >= 15 is 0 Å². The summed E-state index contributed by atoms with van der Waals surface area (Å²) < 4.78 is 0. The molecule has 0 fully saturated rings. The fourth-order valence-corrected chi connectivity index (χ4v) is 0.849. The van der Waals surface area contributed by atoms with Gasteiger partial charge in [-0.1, -0.05) is 12.1 Å². The van der Waals surface area contributed by atoms with Gasteiger partial charge in [0.1, 0.15) is 0 Å². The smallest absolute Gasteiger partial charge is 0.0624 e. The van der Waals surface area contributed by atoms with E-state index in [0.717, 1.165) is 5.56 Å². The minimum Gasteiger partial charge on any atom is -0.399 e. The Morgan fingerprint density at radius 1 is 1.27 bits per heavy atom. The summed E-state index contributed by atoms with van der Waals surface area (Å²) in [5.41, 5.74) is 12.6. The minimum absolute atomic E-state index is 0.0378. The standard InChI is InChI=1S/C8H12N2O/c9-7-3-1-6(2-4-7)8(10)5-11/h1-4,8,11H,5,9-10H2/t8-/m1/s1. The first-order chi connectivity index (χ1) is 5.24. The molecule has 0 aliphatic heterocycles. The van der Waals surface area contributed by atoms with Crippen molar-refractivity contribution in [3.05, 3.63) is 29.8 Å². The summed E-state index contributed by atoms with van der Waals surface area (Å²) in [7, 11) is 0. The van der Waals surface area contributed by atoms with Crippen LogP contribution in [0.25, 0.3) is 0 Å². The van der Waals surface area contributed by atoms with Gasteiger partial charge in [-0.15, -0.1) is 0 Å². The van der Waals surface area contributed by atoms with Gasteiger partial charge in [-0.05, 0) is 17.7 Å². The summed E-state index contributed by atoms with van der Waals surface area (Å²) in [5, 5.41) is 8.70. The fourth-order valence-electron chi connectivity index (χ4n) is 0.849. The van der Waals surface area contributed by atoms with Crippen LogP contribution in [0.1, 0.15) is 11.6 Å². The molecular weight excluding hydrogens is 140 g/mol. The lowest BCUT2D eigenvalue weighted by atomic mass is 10.1. The van der Waals surface area contributed by atoms with Crippen molar-refractivity contribution in [2.24, 2.45) is 5.73 Å². The molecular formula is C8H12N2O. The van der Waals surface area contributed by atoms with Gasteiger partial charge in [-0.2, -0.15) is 0 Å². The van der Waals surface area contributed by atoms with E-state index in [9.17, 15) is 0 Å². The van der Waals surface area contributed by atoms with Crippen LogP contribution in [-0.4, -0.2) is 11.7 Å². The third-order valence-electron chi connectivity index (χ3n) is 1.56. The molecule has 0 aliphatic rings. The quantitative estimate of drug-likeness (QED) is 0.532. The fraction of sp³-hybridized carbons (Fsp3) is 0.250. The maximum absolute atomic E-state index is 8.70. The Balaban J connectivity index is 2.81. The van der Waals surface area contributed by atoms with Gasteiger partial charge < -0.3 is 16.6 Å². The molecule has 0 aromatic heterocycles. The Kier molecular flexibility index (Phi) is 2.46. The molecule has 3 heteroatoms. The number of anilines is 1. The zero-order valence-corrected chi connectivity index (χ0v) is 6.20. The second kappa shape index (κ2) is 3.37. The van der Waals surface area contributed by atoms with E-state index in [2.05, 4.69) is 0 Å². The van der Waals surface area contributed by atoms with Crippen molar-refractivity contribution in [2.45, 2.75) is 6.04 Å². The molecule has 60 valence electrons. The van der Waals surface area contributed by atoms with Crippen molar-refractivity contribution in [3.63, 3.8) is 0 Å². The number of nitrogens with two attached hydrogens (primary N) is 2. The molecule has 0 saturated heterocycles. The van der Waals surface area contributed by atoms with Gasteiger partial charge >= 0.3 is 0 Å². The highest BCUT2D eigenvalue weighted by atomic mass is 16.3. The van der Waals surface area contributed by atoms with Crippen LogP contribution in [-0.2, 0) is 0 Å². The summed E-state index contributed by atoms with van der Waals surface area (Å²) >= 11 is 0. The van der Waals surface area contributed by atoms with Crippen molar-refractivity contribution in [3.8, 4) is 0 Å². The molecule has 0 unspecified atom stereocenters. The van der Waals surface area contributed by atoms with E-state index in [4.69, 9.17) is 16.6 Å². The topological polar surface area (TPSA) is 72.3 Å². The second-order valence-electron chi connectivity index (χ2n) is 2.46. The van der Waals surface area contributed by atoms with E-state index in [1.807, 2.05) is 12.1 Å². The highest BCUT2D eigenvalue weighted by molar-refractivity contribution is 5.40. The minimum atomic E-state index is -0.296. The average molecular weight is 152 g/mol. The summed E-state index contributed by atoms with van der Waals surface area (Å²) in [5.74, 6) is 0. The number of benzene rings is 1. The molecule has 3 nitrogen and oxygen atoms in total. The molecule has 5 N–H and O–H groups in total. The second-order valence-corrected chi connectivity index (χ2v) is 2.46. The largest absolute Gasteiger partial charge is 0.399 e. The maximum Gasteiger partial charge on any atom is 0.0624 e. The van der Waals surface area contributed by atoms with Crippen LogP contribution in [0.15, 0.2) is 24.3 Å². The van der Waals surface area contributed by atoms with Gasteiger partial charge in [-0.25, -0.2) is 0 Å². The Morgan fingerprint density at radius 2 is 1.82 bits per heavy atom. The van der Waals surface area contributed by atoms with Gasteiger partial charge in [-0.3, -0.25) is 0 Å². The van der Waals surface area contributed by atoms with E-state index in [0.29, 0.717) is 5.69 Å². The Morgan fingerprint density at radius 3 is 2.27 bits per heavy atom. The number of rotatable bonds is 2. The van der Waals surface area contributed by atoms with Crippen molar-refractivity contribution in [1.82, 2.24) is 0 Å². The number of nitrogen functional groups attached to an aromatic ring is 1. The predicted molar refractivity (Wildman–Crippen MR) is 44.9 cm³/mol. The monoisotopic (exact) mass is 152 g/mol. The molecule has 1 atom stereocenters. The Hall–Kier alpha value is -1.06. The van der Waals surface area contributed by atoms with Crippen molar-refractivity contribution < 1.29 is 5.11 Å². The number of hydrogen-bond donors (Lipinski definition) is 3. The lowest BCUT2D eigenvalue weighted by molar-refractivity contribution is 0.268. The molecule has 0 amide bonds. The predicted octanol–water partition coefficient (Wildman–Crippen LogP) is 0.261. The van der Waals surface area contributed by atoms with E-state index in [1.54, 1.807) is 12.1 Å². The first-order valence-corrected chi connectivity index (χ1v) is 3.46. The van der Waals surface area contributed by atoms with Gasteiger partial charge in [0.2, 0.25) is 0 Å². The first-order valence-electron chi connectivity index (χ1n) is 3.46. The highest BCUT2D eigenvalue weighted by Crippen LogP contribution is 2.11. The normalized spacial score (nSPS) is 12.9. The van der Waals surface area contributed by atoms with E-state index < -0.39 is 0 Å². The lowest BCUT2D eigenvalue weighted by Crippen LogP contribution is -2.14.